The van der Waals surface area contributed by atoms with Crippen LogP contribution >= 0.6 is 0 Å². The number of ether oxygens (including phenoxy) is 2. The third kappa shape index (κ3) is 5.46. The highest BCUT2D eigenvalue weighted by Crippen LogP contribution is 2.30. The molecule has 2 heterocycles. The molecule has 1 saturated heterocycles. The number of hydrogen-bond donors (Lipinski definition) is 2. The molecule has 0 amide bonds. The molecule has 0 spiro atoms. The molecule has 0 unspecified atom stereocenters. The van der Waals surface area contributed by atoms with Crippen molar-refractivity contribution >= 4 is 0 Å². The summed E-state index contributed by atoms with van der Waals surface area (Å²) in [5.41, 5.74) is 5.56. The second-order valence-corrected chi connectivity index (χ2v) is 8.53. The van der Waals surface area contributed by atoms with Crippen LogP contribution in [-0.4, -0.2) is 46.5 Å². The molecule has 2 N–H and O–H groups in total. The zero-order chi connectivity index (χ0) is 21.8. The van der Waals surface area contributed by atoms with Gasteiger partial charge in [0, 0.05) is 31.2 Å². The van der Waals surface area contributed by atoms with Crippen LogP contribution in [0.15, 0.2) is 48.5 Å². The maximum atomic E-state index is 10.5. The van der Waals surface area contributed by atoms with Crippen molar-refractivity contribution in [1.82, 2.24) is 15.1 Å². The minimum Gasteiger partial charge on any atom is -0.493 e. The van der Waals surface area contributed by atoms with Crippen LogP contribution in [0, 0.1) is 19.8 Å². The Morgan fingerprint density at radius 3 is 2.68 bits per heavy atom. The van der Waals surface area contributed by atoms with Crippen LogP contribution in [0.1, 0.15) is 28.1 Å². The molecule has 1 aromatic heterocycles. The third-order valence-corrected chi connectivity index (χ3v) is 5.82. The van der Waals surface area contributed by atoms with E-state index in [0.29, 0.717) is 13.2 Å². The number of H-pyrrole nitrogens is 1. The zero-order valence-electron chi connectivity index (χ0n) is 18.5. The maximum absolute atomic E-state index is 10.5. The first-order valence-electron chi connectivity index (χ1n) is 10.8. The SMILES string of the molecule is COc1cc(CN2C[C@@H](Cc3cc(C)[nH]n3)[C@@H](O)C2)ccc1OCc1cccc(C)c1. The lowest BCUT2D eigenvalue weighted by Gasteiger charge is -2.17. The van der Waals surface area contributed by atoms with E-state index in [1.165, 1.54) is 5.56 Å². The summed E-state index contributed by atoms with van der Waals surface area (Å²) in [6.07, 6.45) is 0.452. The maximum Gasteiger partial charge on any atom is 0.161 e. The molecule has 3 aromatic rings. The molecule has 164 valence electrons. The summed E-state index contributed by atoms with van der Waals surface area (Å²) in [6.45, 7) is 6.86. The van der Waals surface area contributed by atoms with Crippen LogP contribution in [0.2, 0.25) is 0 Å². The van der Waals surface area contributed by atoms with Crippen molar-refractivity contribution in [2.45, 2.75) is 39.5 Å². The smallest absolute Gasteiger partial charge is 0.161 e. The van der Waals surface area contributed by atoms with E-state index in [4.69, 9.17) is 9.47 Å². The molecule has 0 saturated carbocycles. The van der Waals surface area contributed by atoms with E-state index in [9.17, 15) is 5.11 Å². The van der Waals surface area contributed by atoms with E-state index >= 15 is 0 Å². The highest BCUT2D eigenvalue weighted by atomic mass is 16.5. The molecular formula is C25H31N3O3. The molecule has 2 aromatic carbocycles. The topological polar surface area (TPSA) is 70.6 Å². The van der Waals surface area contributed by atoms with Gasteiger partial charge < -0.3 is 14.6 Å². The van der Waals surface area contributed by atoms with Crippen LogP contribution in [0.3, 0.4) is 0 Å². The predicted molar refractivity (Wildman–Crippen MR) is 120 cm³/mol. The van der Waals surface area contributed by atoms with Crippen molar-refractivity contribution in [3.63, 3.8) is 0 Å². The fraction of sp³-hybridized carbons (Fsp3) is 0.400. The van der Waals surface area contributed by atoms with Crippen molar-refractivity contribution in [2.24, 2.45) is 5.92 Å². The Morgan fingerprint density at radius 1 is 1.06 bits per heavy atom. The number of likely N-dealkylation sites (tertiary alicyclic amines) is 1. The van der Waals surface area contributed by atoms with E-state index in [1.54, 1.807) is 7.11 Å². The van der Waals surface area contributed by atoms with Gasteiger partial charge in [0.2, 0.25) is 0 Å². The summed E-state index contributed by atoms with van der Waals surface area (Å²) < 4.78 is 11.6. The number of hydrogen-bond acceptors (Lipinski definition) is 5. The Bertz CT molecular complexity index is 1020. The normalized spacial score (nSPS) is 19.0. The monoisotopic (exact) mass is 421 g/mol. The van der Waals surface area contributed by atoms with Gasteiger partial charge in [-0.3, -0.25) is 10.00 Å². The van der Waals surface area contributed by atoms with Crippen molar-refractivity contribution < 1.29 is 14.6 Å². The molecule has 1 aliphatic heterocycles. The van der Waals surface area contributed by atoms with Gasteiger partial charge in [-0.05, 0) is 49.6 Å². The third-order valence-electron chi connectivity index (χ3n) is 5.82. The molecule has 0 bridgehead atoms. The number of aliphatic hydroxyl groups is 1. The zero-order valence-corrected chi connectivity index (χ0v) is 18.5. The van der Waals surface area contributed by atoms with Crippen molar-refractivity contribution in [2.75, 3.05) is 20.2 Å². The number of aryl methyl sites for hydroxylation is 2. The molecule has 0 radical (unpaired) electrons. The number of benzene rings is 2. The Balaban J connectivity index is 1.36. The molecule has 1 fully saturated rings. The Morgan fingerprint density at radius 2 is 1.94 bits per heavy atom. The number of nitrogens with zero attached hydrogens (tertiary/aromatic N) is 2. The van der Waals surface area contributed by atoms with Crippen LogP contribution in [0.4, 0.5) is 0 Å². The summed E-state index contributed by atoms with van der Waals surface area (Å²) in [5.74, 6) is 1.66. The van der Waals surface area contributed by atoms with E-state index < -0.39 is 0 Å². The van der Waals surface area contributed by atoms with E-state index in [-0.39, 0.29) is 12.0 Å². The van der Waals surface area contributed by atoms with Crippen LogP contribution in [0.5, 0.6) is 11.5 Å². The Hall–Kier alpha value is -2.83. The minimum absolute atomic E-state index is 0.196. The average Bonchev–Trinajstić information content (AvgIpc) is 3.31. The lowest BCUT2D eigenvalue weighted by molar-refractivity contribution is 0.140. The number of aromatic amines is 1. The van der Waals surface area contributed by atoms with Gasteiger partial charge in [0.1, 0.15) is 6.61 Å². The number of nitrogens with one attached hydrogen (secondary N) is 1. The summed E-state index contributed by atoms with van der Waals surface area (Å²) in [4.78, 5) is 2.29. The number of rotatable bonds is 8. The molecule has 2 atom stereocenters. The van der Waals surface area contributed by atoms with E-state index in [1.807, 2.05) is 25.1 Å². The average molecular weight is 422 g/mol. The molecule has 0 aliphatic carbocycles. The van der Waals surface area contributed by atoms with Gasteiger partial charge in [0.05, 0.1) is 18.9 Å². The lowest BCUT2D eigenvalue weighted by Crippen LogP contribution is -2.21. The number of aliphatic hydroxyl groups excluding tert-OH is 1. The molecule has 6 nitrogen and oxygen atoms in total. The van der Waals surface area contributed by atoms with Crippen LogP contribution in [0.25, 0.3) is 0 Å². The highest BCUT2D eigenvalue weighted by Gasteiger charge is 2.31. The summed E-state index contributed by atoms with van der Waals surface area (Å²) >= 11 is 0. The summed E-state index contributed by atoms with van der Waals surface area (Å²) in [7, 11) is 1.67. The molecule has 1 aliphatic rings. The lowest BCUT2D eigenvalue weighted by atomic mass is 10.0. The summed E-state index contributed by atoms with van der Waals surface area (Å²) in [5, 5.41) is 17.8. The van der Waals surface area contributed by atoms with E-state index in [0.717, 1.165) is 53.5 Å². The molecular weight excluding hydrogens is 390 g/mol. The van der Waals surface area contributed by atoms with Gasteiger partial charge in [0.25, 0.3) is 0 Å². The fourth-order valence-corrected chi connectivity index (χ4v) is 4.27. The molecule has 31 heavy (non-hydrogen) atoms. The quantitative estimate of drug-likeness (QED) is 0.581. The second kappa shape index (κ2) is 9.54. The van der Waals surface area contributed by atoms with Gasteiger partial charge in [-0.2, -0.15) is 5.10 Å². The first kappa shape index (κ1) is 21.4. The minimum atomic E-state index is -0.337. The fourth-order valence-electron chi connectivity index (χ4n) is 4.27. The summed E-state index contributed by atoms with van der Waals surface area (Å²) in [6, 6.07) is 16.4. The van der Waals surface area contributed by atoms with E-state index in [2.05, 4.69) is 52.4 Å². The number of β-amino-alcohol motifs (C(OH)–C–C–N with tert-alkyl or cyclic N) is 1. The predicted octanol–water partition coefficient (Wildman–Crippen LogP) is 3.65. The first-order chi connectivity index (χ1) is 15.0. The second-order valence-electron chi connectivity index (χ2n) is 8.53. The number of aromatic nitrogens is 2. The molecule has 4 rings (SSSR count). The highest BCUT2D eigenvalue weighted by molar-refractivity contribution is 5.43. The van der Waals surface area contributed by atoms with Crippen LogP contribution in [-0.2, 0) is 19.6 Å². The Kier molecular flexibility index (Phi) is 6.59. The van der Waals surface area contributed by atoms with Crippen molar-refractivity contribution in [3.05, 3.63) is 76.6 Å². The van der Waals surface area contributed by atoms with Crippen molar-refractivity contribution in [1.29, 1.82) is 0 Å². The van der Waals surface area contributed by atoms with Crippen LogP contribution < -0.4 is 9.47 Å². The van der Waals surface area contributed by atoms with Gasteiger partial charge >= 0.3 is 0 Å². The van der Waals surface area contributed by atoms with Gasteiger partial charge in [0.15, 0.2) is 11.5 Å². The van der Waals surface area contributed by atoms with Gasteiger partial charge in [-0.15, -0.1) is 0 Å². The first-order valence-corrected chi connectivity index (χ1v) is 10.8. The van der Waals surface area contributed by atoms with Crippen molar-refractivity contribution in [3.8, 4) is 11.5 Å². The van der Waals surface area contributed by atoms with Gasteiger partial charge in [-0.1, -0.05) is 35.9 Å². The number of methoxy groups -OCH3 is 1. The Labute approximate surface area is 183 Å². The largest absolute Gasteiger partial charge is 0.493 e. The standard InChI is InChI=1S/C25H31N3O3/c1-17-5-4-6-20(9-17)16-31-24-8-7-19(11-25(24)30-3)13-28-14-21(23(29)15-28)12-22-10-18(2)26-27-22/h4-11,21,23,29H,12-16H2,1-3H3,(H,26,27)/t21-,23+/m1/s1. The van der Waals surface area contributed by atoms with Gasteiger partial charge in [-0.25, -0.2) is 0 Å². The molecule has 6 heteroatoms.